The molecule has 0 bridgehead atoms. The summed E-state index contributed by atoms with van der Waals surface area (Å²) in [6, 6.07) is 4.73. The van der Waals surface area contributed by atoms with Crippen molar-refractivity contribution in [3.05, 3.63) is 22.4 Å². The van der Waals surface area contributed by atoms with Crippen LogP contribution in [0.5, 0.6) is 0 Å². The highest BCUT2D eigenvalue weighted by atomic mass is 32.1. The third-order valence-corrected chi connectivity index (χ3v) is 5.67. The average Bonchev–Trinajstić information content (AvgIpc) is 3.22. The SMILES string of the molecule is CCCC1(C(=O)N(Cc2cccs2)C2CC2)CCCNC1. The molecule has 1 saturated heterocycles. The van der Waals surface area contributed by atoms with E-state index in [-0.39, 0.29) is 5.41 Å². The maximum atomic E-state index is 13.3. The van der Waals surface area contributed by atoms with Gasteiger partial charge in [0.25, 0.3) is 0 Å². The quantitative estimate of drug-likeness (QED) is 0.873. The van der Waals surface area contributed by atoms with Crippen LogP contribution < -0.4 is 5.32 Å². The highest BCUT2D eigenvalue weighted by Crippen LogP contribution is 2.38. The van der Waals surface area contributed by atoms with Gasteiger partial charge >= 0.3 is 0 Å². The Morgan fingerprint density at radius 1 is 1.52 bits per heavy atom. The summed E-state index contributed by atoms with van der Waals surface area (Å²) in [6.45, 7) is 4.94. The number of nitrogens with zero attached hydrogens (tertiary/aromatic N) is 1. The number of thiophene rings is 1. The van der Waals surface area contributed by atoms with Crippen molar-refractivity contribution in [1.29, 1.82) is 0 Å². The molecular weight excluding hydrogens is 280 g/mol. The topological polar surface area (TPSA) is 32.3 Å². The van der Waals surface area contributed by atoms with E-state index in [9.17, 15) is 4.79 Å². The summed E-state index contributed by atoms with van der Waals surface area (Å²) >= 11 is 1.76. The molecule has 4 heteroatoms. The van der Waals surface area contributed by atoms with Gasteiger partial charge in [-0.2, -0.15) is 0 Å². The molecular formula is C17H26N2OS. The van der Waals surface area contributed by atoms with Crippen LogP contribution in [0.15, 0.2) is 17.5 Å². The number of amides is 1. The number of carbonyl (C=O) groups is 1. The Hall–Kier alpha value is -0.870. The van der Waals surface area contributed by atoms with Gasteiger partial charge in [-0.15, -0.1) is 11.3 Å². The van der Waals surface area contributed by atoms with E-state index in [1.54, 1.807) is 11.3 Å². The van der Waals surface area contributed by atoms with Gasteiger partial charge in [-0.25, -0.2) is 0 Å². The van der Waals surface area contributed by atoms with Crippen molar-refractivity contribution in [3.63, 3.8) is 0 Å². The Balaban J connectivity index is 1.78. The molecule has 1 unspecified atom stereocenters. The minimum Gasteiger partial charge on any atom is -0.334 e. The molecule has 1 aromatic heterocycles. The van der Waals surface area contributed by atoms with Crippen LogP contribution in [0.4, 0.5) is 0 Å². The van der Waals surface area contributed by atoms with Crippen LogP contribution in [0.3, 0.4) is 0 Å². The van der Waals surface area contributed by atoms with Crippen molar-refractivity contribution < 1.29 is 4.79 Å². The molecule has 21 heavy (non-hydrogen) atoms. The molecule has 1 saturated carbocycles. The summed E-state index contributed by atoms with van der Waals surface area (Å²) in [6.07, 6.45) is 6.67. The van der Waals surface area contributed by atoms with Crippen LogP contribution in [0, 0.1) is 5.41 Å². The molecule has 2 fully saturated rings. The van der Waals surface area contributed by atoms with Crippen molar-refractivity contribution in [1.82, 2.24) is 10.2 Å². The smallest absolute Gasteiger partial charge is 0.230 e. The van der Waals surface area contributed by atoms with Crippen molar-refractivity contribution >= 4 is 17.2 Å². The van der Waals surface area contributed by atoms with Crippen molar-refractivity contribution in [2.45, 2.75) is 58.0 Å². The highest BCUT2D eigenvalue weighted by Gasteiger charge is 2.45. The van der Waals surface area contributed by atoms with Gasteiger partial charge in [0.2, 0.25) is 5.91 Å². The zero-order valence-corrected chi connectivity index (χ0v) is 13.8. The molecule has 1 aliphatic heterocycles. The van der Waals surface area contributed by atoms with Crippen molar-refractivity contribution in [2.75, 3.05) is 13.1 Å². The van der Waals surface area contributed by atoms with Gasteiger partial charge in [0, 0.05) is 17.5 Å². The first-order valence-electron chi connectivity index (χ1n) is 8.29. The fraction of sp³-hybridized carbons (Fsp3) is 0.706. The van der Waals surface area contributed by atoms with E-state index in [1.165, 1.54) is 17.7 Å². The number of rotatable bonds is 6. The third-order valence-electron chi connectivity index (χ3n) is 4.81. The van der Waals surface area contributed by atoms with Gasteiger partial charge < -0.3 is 10.2 Å². The van der Waals surface area contributed by atoms with Crippen LogP contribution >= 0.6 is 11.3 Å². The van der Waals surface area contributed by atoms with Crippen molar-refractivity contribution in [2.24, 2.45) is 5.41 Å². The molecule has 2 heterocycles. The first-order chi connectivity index (χ1) is 10.2. The summed E-state index contributed by atoms with van der Waals surface area (Å²) in [5, 5.41) is 5.58. The fourth-order valence-corrected chi connectivity index (χ4v) is 4.28. The second kappa shape index (κ2) is 6.49. The number of piperidine rings is 1. The van der Waals surface area contributed by atoms with Gasteiger partial charge in [-0.3, -0.25) is 4.79 Å². The molecule has 1 aromatic rings. The Labute approximate surface area is 131 Å². The second-order valence-electron chi connectivity index (χ2n) is 6.55. The van der Waals surface area contributed by atoms with Crippen LogP contribution in [0.1, 0.15) is 50.3 Å². The van der Waals surface area contributed by atoms with E-state index in [0.29, 0.717) is 11.9 Å². The Bertz CT molecular complexity index is 456. The lowest BCUT2D eigenvalue weighted by atomic mass is 9.75. The summed E-state index contributed by atoms with van der Waals surface area (Å²) in [5.41, 5.74) is -0.146. The minimum atomic E-state index is -0.146. The predicted octanol–water partition coefficient (Wildman–Crippen LogP) is 3.41. The number of carbonyl (C=O) groups excluding carboxylic acids is 1. The van der Waals surface area contributed by atoms with E-state index in [1.807, 2.05) is 0 Å². The maximum Gasteiger partial charge on any atom is 0.230 e. The molecule has 0 radical (unpaired) electrons. The lowest BCUT2D eigenvalue weighted by molar-refractivity contribution is -0.145. The van der Waals surface area contributed by atoms with E-state index in [0.717, 1.165) is 45.3 Å². The lowest BCUT2D eigenvalue weighted by Gasteiger charge is -2.40. The van der Waals surface area contributed by atoms with Crippen LogP contribution in [0.25, 0.3) is 0 Å². The molecule has 0 spiro atoms. The molecule has 0 aromatic carbocycles. The van der Waals surface area contributed by atoms with Gasteiger partial charge in [-0.05, 0) is 50.1 Å². The van der Waals surface area contributed by atoms with Gasteiger partial charge in [0.15, 0.2) is 0 Å². The number of nitrogens with one attached hydrogen (secondary N) is 1. The van der Waals surface area contributed by atoms with Crippen LogP contribution in [-0.2, 0) is 11.3 Å². The largest absolute Gasteiger partial charge is 0.334 e. The van der Waals surface area contributed by atoms with Crippen LogP contribution in [-0.4, -0.2) is 29.9 Å². The first-order valence-corrected chi connectivity index (χ1v) is 9.17. The maximum absolute atomic E-state index is 13.3. The number of hydrogen-bond donors (Lipinski definition) is 1. The summed E-state index contributed by atoms with van der Waals surface area (Å²) in [5.74, 6) is 0.410. The fourth-order valence-electron chi connectivity index (χ4n) is 3.58. The van der Waals surface area contributed by atoms with Gasteiger partial charge in [0.1, 0.15) is 0 Å². The zero-order valence-electron chi connectivity index (χ0n) is 12.9. The Morgan fingerprint density at radius 3 is 2.95 bits per heavy atom. The molecule has 1 amide bonds. The summed E-state index contributed by atoms with van der Waals surface area (Å²) in [7, 11) is 0. The van der Waals surface area contributed by atoms with Crippen LogP contribution in [0.2, 0.25) is 0 Å². The summed E-state index contributed by atoms with van der Waals surface area (Å²) in [4.78, 5) is 16.8. The van der Waals surface area contributed by atoms with Crippen molar-refractivity contribution in [3.8, 4) is 0 Å². The number of hydrogen-bond acceptors (Lipinski definition) is 3. The predicted molar refractivity (Wildman–Crippen MR) is 87.3 cm³/mol. The molecule has 1 N–H and O–H groups in total. The Kier molecular flexibility index (Phi) is 4.65. The monoisotopic (exact) mass is 306 g/mol. The molecule has 1 atom stereocenters. The van der Waals surface area contributed by atoms with E-state index >= 15 is 0 Å². The van der Waals surface area contributed by atoms with Gasteiger partial charge in [0.05, 0.1) is 12.0 Å². The average molecular weight is 306 g/mol. The second-order valence-corrected chi connectivity index (χ2v) is 7.59. The molecule has 3 nitrogen and oxygen atoms in total. The van der Waals surface area contributed by atoms with E-state index < -0.39 is 0 Å². The Morgan fingerprint density at radius 2 is 2.38 bits per heavy atom. The molecule has 1 aliphatic carbocycles. The molecule has 116 valence electrons. The highest BCUT2D eigenvalue weighted by molar-refractivity contribution is 7.09. The standard InChI is InChI=1S/C17H26N2OS/c1-2-8-17(9-4-10-18-13-17)16(20)19(14-6-7-14)12-15-5-3-11-21-15/h3,5,11,14,18H,2,4,6-10,12-13H2,1H3. The zero-order chi connectivity index (χ0) is 14.7. The first kappa shape index (κ1) is 15.0. The minimum absolute atomic E-state index is 0.146. The van der Waals surface area contributed by atoms with E-state index in [4.69, 9.17) is 0 Å². The summed E-state index contributed by atoms with van der Waals surface area (Å²) < 4.78 is 0. The normalized spacial score (nSPS) is 25.8. The van der Waals surface area contributed by atoms with Gasteiger partial charge in [-0.1, -0.05) is 19.4 Å². The molecule has 2 aliphatic rings. The molecule has 3 rings (SSSR count). The third kappa shape index (κ3) is 3.32. The van der Waals surface area contributed by atoms with E-state index in [2.05, 4.69) is 34.7 Å². The lowest BCUT2D eigenvalue weighted by Crippen LogP contribution is -2.52.